The zero-order valence-corrected chi connectivity index (χ0v) is 12.6. The smallest absolute Gasteiger partial charge is 0.407 e. The van der Waals surface area contributed by atoms with Crippen molar-refractivity contribution in [2.45, 2.75) is 12.5 Å². The first kappa shape index (κ1) is 15.9. The molecule has 21 heavy (non-hydrogen) atoms. The van der Waals surface area contributed by atoms with Gasteiger partial charge in [0, 0.05) is 25.4 Å². The molecule has 2 atom stereocenters. The predicted molar refractivity (Wildman–Crippen MR) is 78.5 cm³/mol. The number of carbonyl (C=O) groups is 1. The van der Waals surface area contributed by atoms with Crippen molar-refractivity contribution in [2.75, 3.05) is 19.7 Å². The van der Waals surface area contributed by atoms with E-state index in [0.717, 1.165) is 5.56 Å². The second-order valence-corrected chi connectivity index (χ2v) is 5.63. The molecule has 1 fully saturated rings. The van der Waals surface area contributed by atoms with E-state index in [4.69, 9.17) is 38.3 Å². The summed E-state index contributed by atoms with van der Waals surface area (Å²) in [6, 6.07) is 7.26. The lowest BCUT2D eigenvalue weighted by molar-refractivity contribution is 0.0319. The van der Waals surface area contributed by atoms with Crippen molar-refractivity contribution >= 4 is 29.3 Å². The molecule has 5 nitrogen and oxygen atoms in total. The van der Waals surface area contributed by atoms with Crippen molar-refractivity contribution in [2.24, 2.45) is 5.92 Å². The minimum atomic E-state index is -1.00. The Balaban J connectivity index is 2.28. The van der Waals surface area contributed by atoms with Crippen LogP contribution in [0, 0.1) is 17.2 Å². The Kier molecular flexibility index (Phi) is 5.29. The van der Waals surface area contributed by atoms with Gasteiger partial charge >= 0.3 is 6.09 Å². The van der Waals surface area contributed by atoms with Crippen molar-refractivity contribution in [3.63, 3.8) is 0 Å². The lowest BCUT2D eigenvalue weighted by Crippen LogP contribution is -2.34. The second kappa shape index (κ2) is 6.99. The van der Waals surface area contributed by atoms with Crippen LogP contribution in [0.2, 0.25) is 10.0 Å². The monoisotopic (exact) mass is 328 g/mol. The minimum Gasteiger partial charge on any atom is -0.465 e. The lowest BCUT2D eigenvalue weighted by Gasteiger charge is -2.25. The Morgan fingerprint density at radius 2 is 2.24 bits per heavy atom. The van der Waals surface area contributed by atoms with Gasteiger partial charge < -0.3 is 14.7 Å². The number of carboxylic acid groups (broad SMARTS) is 1. The van der Waals surface area contributed by atoms with E-state index in [1.54, 1.807) is 18.2 Å². The molecule has 1 aliphatic rings. The molecule has 112 valence electrons. The van der Waals surface area contributed by atoms with Gasteiger partial charge in [0.2, 0.25) is 0 Å². The first-order valence-corrected chi connectivity index (χ1v) is 7.20. The standard InChI is InChI=1S/C14H14Cl2N2O3/c15-11-2-1-9(7-12(11)16)13-10(3-4-17)8-18(14(19)20)5-6-21-13/h1-2,7,10,13H,3,5-6,8H2,(H,19,20). The topological polar surface area (TPSA) is 73.6 Å². The summed E-state index contributed by atoms with van der Waals surface area (Å²) in [5, 5.41) is 19.0. The highest BCUT2D eigenvalue weighted by molar-refractivity contribution is 6.42. The first-order chi connectivity index (χ1) is 10.0. The highest BCUT2D eigenvalue weighted by Crippen LogP contribution is 2.34. The van der Waals surface area contributed by atoms with Crippen molar-refractivity contribution in [1.29, 1.82) is 5.26 Å². The molecule has 0 aliphatic carbocycles. The van der Waals surface area contributed by atoms with Gasteiger partial charge in [0.15, 0.2) is 0 Å². The Hall–Kier alpha value is -1.48. The Morgan fingerprint density at radius 3 is 2.86 bits per heavy atom. The fourth-order valence-electron chi connectivity index (χ4n) is 2.42. The average molecular weight is 329 g/mol. The average Bonchev–Trinajstić information content (AvgIpc) is 2.65. The predicted octanol–water partition coefficient (Wildman–Crippen LogP) is 3.57. The number of ether oxygens (including phenoxy) is 1. The van der Waals surface area contributed by atoms with Crippen LogP contribution in [-0.2, 0) is 4.74 Å². The van der Waals surface area contributed by atoms with E-state index >= 15 is 0 Å². The van der Waals surface area contributed by atoms with Gasteiger partial charge in [-0.3, -0.25) is 0 Å². The summed E-state index contributed by atoms with van der Waals surface area (Å²) < 4.78 is 5.77. The molecule has 2 rings (SSSR count). The molecular formula is C14H14Cl2N2O3. The zero-order valence-electron chi connectivity index (χ0n) is 11.1. The van der Waals surface area contributed by atoms with E-state index in [1.165, 1.54) is 4.90 Å². The van der Waals surface area contributed by atoms with Gasteiger partial charge in [-0.15, -0.1) is 0 Å². The van der Waals surface area contributed by atoms with Gasteiger partial charge in [0.1, 0.15) is 0 Å². The van der Waals surface area contributed by atoms with Crippen LogP contribution in [0.3, 0.4) is 0 Å². The summed E-state index contributed by atoms with van der Waals surface area (Å²) in [6.45, 7) is 0.821. The van der Waals surface area contributed by atoms with Crippen molar-refractivity contribution in [3.8, 4) is 6.07 Å². The number of hydrogen-bond acceptors (Lipinski definition) is 3. The molecule has 1 aliphatic heterocycles. The number of benzene rings is 1. The first-order valence-electron chi connectivity index (χ1n) is 6.44. The van der Waals surface area contributed by atoms with Crippen LogP contribution in [0.1, 0.15) is 18.1 Å². The third-order valence-electron chi connectivity index (χ3n) is 3.44. The summed E-state index contributed by atoms with van der Waals surface area (Å²) >= 11 is 11.9. The number of amides is 1. The van der Waals surface area contributed by atoms with Gasteiger partial charge in [0.25, 0.3) is 0 Å². The SMILES string of the molecule is N#CCC1CN(C(=O)O)CCOC1c1ccc(Cl)c(Cl)c1. The van der Waals surface area contributed by atoms with Crippen LogP contribution in [0.4, 0.5) is 4.79 Å². The van der Waals surface area contributed by atoms with E-state index in [9.17, 15) is 4.79 Å². The molecule has 1 N–H and O–H groups in total. The fraction of sp³-hybridized carbons (Fsp3) is 0.429. The zero-order chi connectivity index (χ0) is 15.4. The molecule has 7 heteroatoms. The van der Waals surface area contributed by atoms with Gasteiger partial charge in [-0.1, -0.05) is 29.3 Å². The summed E-state index contributed by atoms with van der Waals surface area (Å²) in [5.41, 5.74) is 0.803. The van der Waals surface area contributed by atoms with Crippen LogP contribution >= 0.6 is 23.2 Å². The third kappa shape index (κ3) is 3.79. The molecule has 0 saturated carbocycles. The summed E-state index contributed by atoms with van der Waals surface area (Å²) in [4.78, 5) is 12.4. The Morgan fingerprint density at radius 1 is 1.48 bits per heavy atom. The third-order valence-corrected chi connectivity index (χ3v) is 4.18. The van der Waals surface area contributed by atoms with E-state index < -0.39 is 6.09 Å². The molecule has 0 bridgehead atoms. The molecule has 1 aromatic rings. The van der Waals surface area contributed by atoms with Crippen molar-refractivity contribution in [3.05, 3.63) is 33.8 Å². The maximum absolute atomic E-state index is 11.1. The van der Waals surface area contributed by atoms with Gasteiger partial charge in [0.05, 0.1) is 28.8 Å². The van der Waals surface area contributed by atoms with Gasteiger partial charge in [-0.05, 0) is 17.7 Å². The molecule has 1 saturated heterocycles. The van der Waals surface area contributed by atoms with Crippen molar-refractivity contribution < 1.29 is 14.6 Å². The minimum absolute atomic E-state index is 0.203. The summed E-state index contributed by atoms with van der Waals surface area (Å²) in [5.74, 6) is -0.245. The molecule has 1 aromatic carbocycles. The quantitative estimate of drug-likeness (QED) is 0.900. The lowest BCUT2D eigenvalue weighted by atomic mass is 9.93. The van der Waals surface area contributed by atoms with Gasteiger partial charge in [-0.2, -0.15) is 5.26 Å². The number of nitriles is 1. The molecule has 0 aromatic heterocycles. The van der Waals surface area contributed by atoms with Crippen LogP contribution in [0.25, 0.3) is 0 Å². The van der Waals surface area contributed by atoms with E-state index in [-0.39, 0.29) is 38.1 Å². The van der Waals surface area contributed by atoms with Crippen LogP contribution in [-0.4, -0.2) is 35.8 Å². The van der Waals surface area contributed by atoms with E-state index in [1.807, 2.05) is 0 Å². The number of halogens is 2. The van der Waals surface area contributed by atoms with E-state index in [2.05, 4.69) is 6.07 Å². The molecule has 2 unspecified atom stereocenters. The van der Waals surface area contributed by atoms with Crippen LogP contribution < -0.4 is 0 Å². The summed E-state index contributed by atoms with van der Waals surface area (Å²) in [7, 11) is 0. The van der Waals surface area contributed by atoms with Crippen LogP contribution in [0.15, 0.2) is 18.2 Å². The maximum atomic E-state index is 11.1. The second-order valence-electron chi connectivity index (χ2n) is 4.82. The molecule has 0 spiro atoms. The Labute approximate surface area is 132 Å². The Bertz CT molecular complexity index is 574. The number of nitrogens with zero attached hydrogens (tertiary/aromatic N) is 2. The van der Waals surface area contributed by atoms with Gasteiger partial charge in [-0.25, -0.2) is 4.79 Å². The number of rotatable bonds is 2. The highest BCUT2D eigenvalue weighted by Gasteiger charge is 2.31. The maximum Gasteiger partial charge on any atom is 0.407 e. The molecule has 1 heterocycles. The molecule has 0 radical (unpaired) electrons. The van der Waals surface area contributed by atoms with Crippen molar-refractivity contribution in [1.82, 2.24) is 4.90 Å². The highest BCUT2D eigenvalue weighted by atomic mass is 35.5. The largest absolute Gasteiger partial charge is 0.465 e. The molecule has 1 amide bonds. The molecular weight excluding hydrogens is 315 g/mol. The summed E-state index contributed by atoms with van der Waals surface area (Å²) in [6.07, 6.45) is -1.17. The van der Waals surface area contributed by atoms with E-state index in [0.29, 0.717) is 10.0 Å². The van der Waals surface area contributed by atoms with Crippen LogP contribution in [0.5, 0.6) is 0 Å². The normalized spacial score (nSPS) is 22.4. The fourth-order valence-corrected chi connectivity index (χ4v) is 2.72. The number of hydrogen-bond donors (Lipinski definition) is 1.